The molecule has 0 saturated carbocycles. The zero-order valence-electron chi connectivity index (χ0n) is 13.7. The average Bonchev–Trinajstić information content (AvgIpc) is 2.55. The fourth-order valence-corrected chi connectivity index (χ4v) is 2.68. The first-order chi connectivity index (χ1) is 11.6. The van der Waals surface area contributed by atoms with Crippen LogP contribution >= 0.6 is 11.8 Å². The van der Waals surface area contributed by atoms with Crippen molar-refractivity contribution in [2.24, 2.45) is 0 Å². The van der Waals surface area contributed by atoms with Crippen LogP contribution in [0.1, 0.15) is 5.56 Å². The number of anilines is 2. The van der Waals surface area contributed by atoms with E-state index < -0.39 is 0 Å². The second-order valence-electron chi connectivity index (χ2n) is 5.21. The van der Waals surface area contributed by atoms with E-state index in [1.54, 1.807) is 24.3 Å². The van der Waals surface area contributed by atoms with Crippen molar-refractivity contribution < 1.29 is 14.3 Å². The second kappa shape index (κ2) is 9.10. The van der Waals surface area contributed by atoms with Gasteiger partial charge in [-0.15, -0.1) is 11.8 Å². The Kier molecular flexibility index (Phi) is 6.84. The van der Waals surface area contributed by atoms with Gasteiger partial charge in [-0.05, 0) is 37.3 Å². The van der Waals surface area contributed by atoms with Crippen molar-refractivity contribution in [1.82, 2.24) is 0 Å². The van der Waals surface area contributed by atoms with Crippen LogP contribution in [0.5, 0.6) is 0 Å². The Hall–Kier alpha value is -2.31. The number of hydrogen-bond donors (Lipinski definition) is 2. The minimum Gasteiger partial charge on any atom is -0.375 e. The summed E-state index contributed by atoms with van der Waals surface area (Å²) in [4.78, 5) is 24.6. The first kappa shape index (κ1) is 18.0. The molecule has 2 N–H and O–H groups in total. The number of hydrogen-bond acceptors (Lipinski definition) is 4. The van der Waals surface area contributed by atoms with Crippen molar-refractivity contribution >= 4 is 35.0 Å². The van der Waals surface area contributed by atoms with E-state index in [0.29, 0.717) is 17.1 Å². The van der Waals surface area contributed by atoms with Crippen LogP contribution in [0.4, 0.5) is 11.4 Å². The van der Waals surface area contributed by atoms with Crippen LogP contribution in [0.25, 0.3) is 0 Å². The molecule has 24 heavy (non-hydrogen) atoms. The summed E-state index contributed by atoms with van der Waals surface area (Å²) in [6.07, 6.45) is 0. The van der Waals surface area contributed by atoms with Gasteiger partial charge in [0.15, 0.2) is 0 Å². The van der Waals surface area contributed by atoms with Gasteiger partial charge in [0.05, 0.1) is 5.75 Å². The molecule has 126 valence electrons. The van der Waals surface area contributed by atoms with Crippen molar-refractivity contribution in [3.05, 3.63) is 54.1 Å². The lowest BCUT2D eigenvalue weighted by atomic mass is 10.2. The minimum atomic E-state index is -0.240. The van der Waals surface area contributed by atoms with Crippen molar-refractivity contribution in [3.63, 3.8) is 0 Å². The molecule has 2 aromatic rings. The Bertz CT molecular complexity index is 702. The van der Waals surface area contributed by atoms with Gasteiger partial charge in [0.25, 0.3) is 0 Å². The molecule has 0 bridgehead atoms. The van der Waals surface area contributed by atoms with E-state index in [4.69, 9.17) is 4.74 Å². The van der Waals surface area contributed by atoms with Crippen molar-refractivity contribution in [2.45, 2.75) is 11.8 Å². The zero-order valence-corrected chi connectivity index (χ0v) is 14.5. The number of nitrogens with one attached hydrogen (secondary N) is 2. The van der Waals surface area contributed by atoms with Crippen LogP contribution in [-0.2, 0) is 14.3 Å². The molecule has 5 nitrogen and oxygen atoms in total. The minimum absolute atomic E-state index is 0.0101. The summed E-state index contributed by atoms with van der Waals surface area (Å²) in [5.41, 5.74) is 2.44. The number of thioether (sulfide) groups is 1. The highest BCUT2D eigenvalue weighted by molar-refractivity contribution is 8.00. The lowest BCUT2D eigenvalue weighted by Gasteiger charge is -2.09. The molecule has 0 heterocycles. The molecule has 0 aliphatic carbocycles. The van der Waals surface area contributed by atoms with Crippen molar-refractivity contribution in [1.29, 1.82) is 0 Å². The number of rotatable bonds is 7. The molecule has 0 aromatic heterocycles. The zero-order chi connectivity index (χ0) is 17.4. The Labute approximate surface area is 145 Å². The highest BCUT2D eigenvalue weighted by Gasteiger charge is 2.06. The lowest BCUT2D eigenvalue weighted by Crippen LogP contribution is -2.17. The summed E-state index contributed by atoms with van der Waals surface area (Å²) < 4.78 is 4.77. The van der Waals surface area contributed by atoms with Crippen LogP contribution in [0.3, 0.4) is 0 Å². The maximum absolute atomic E-state index is 12.0. The standard InChI is InChI=1S/C18H20N2O3S/c1-13-6-8-16(9-7-13)24-12-18(22)20-15-5-3-4-14(10-15)19-17(21)11-23-2/h3-10H,11-12H2,1-2H3,(H,19,21)(H,20,22). The number of carbonyl (C=O) groups is 2. The van der Waals surface area contributed by atoms with Gasteiger partial charge >= 0.3 is 0 Å². The number of aryl methyl sites for hydroxylation is 1. The molecule has 2 amide bonds. The van der Waals surface area contributed by atoms with Crippen LogP contribution < -0.4 is 10.6 Å². The first-order valence-corrected chi connectivity index (χ1v) is 8.43. The van der Waals surface area contributed by atoms with Crippen molar-refractivity contribution in [2.75, 3.05) is 30.1 Å². The molecule has 0 aliphatic rings. The smallest absolute Gasteiger partial charge is 0.250 e. The first-order valence-electron chi connectivity index (χ1n) is 7.45. The highest BCUT2D eigenvalue weighted by Crippen LogP contribution is 2.19. The van der Waals surface area contributed by atoms with Gasteiger partial charge < -0.3 is 15.4 Å². The molecular weight excluding hydrogens is 324 g/mol. The Morgan fingerprint density at radius 2 is 1.62 bits per heavy atom. The van der Waals surface area contributed by atoms with E-state index in [1.807, 2.05) is 31.2 Å². The summed E-state index contributed by atoms with van der Waals surface area (Å²) >= 11 is 1.48. The van der Waals surface area contributed by atoms with Crippen LogP contribution in [0.2, 0.25) is 0 Å². The second-order valence-corrected chi connectivity index (χ2v) is 6.26. The number of amides is 2. The molecule has 6 heteroatoms. The number of benzene rings is 2. The number of carbonyl (C=O) groups excluding carboxylic acids is 2. The lowest BCUT2D eigenvalue weighted by molar-refractivity contribution is -0.119. The third-order valence-electron chi connectivity index (χ3n) is 3.10. The molecule has 0 radical (unpaired) electrons. The maximum Gasteiger partial charge on any atom is 0.250 e. The molecule has 0 aliphatic heterocycles. The molecule has 2 aromatic carbocycles. The molecule has 0 spiro atoms. The summed E-state index contributed by atoms with van der Waals surface area (Å²) in [5, 5.41) is 5.53. The molecule has 0 saturated heterocycles. The predicted octanol–water partition coefficient (Wildman–Crippen LogP) is 3.31. The van der Waals surface area contributed by atoms with Crippen LogP contribution in [0.15, 0.2) is 53.4 Å². The van der Waals surface area contributed by atoms with E-state index in [9.17, 15) is 9.59 Å². The quantitative estimate of drug-likeness (QED) is 0.756. The van der Waals surface area contributed by atoms with E-state index in [1.165, 1.54) is 24.4 Å². The van der Waals surface area contributed by atoms with Gasteiger partial charge in [0.2, 0.25) is 11.8 Å². The van der Waals surface area contributed by atoms with Gasteiger partial charge in [0.1, 0.15) is 6.61 Å². The van der Waals surface area contributed by atoms with Crippen LogP contribution in [-0.4, -0.2) is 31.3 Å². The largest absolute Gasteiger partial charge is 0.375 e. The summed E-state index contributed by atoms with van der Waals surface area (Å²) in [7, 11) is 1.46. The van der Waals surface area contributed by atoms with E-state index in [0.717, 1.165) is 4.90 Å². The van der Waals surface area contributed by atoms with E-state index in [2.05, 4.69) is 10.6 Å². The predicted molar refractivity (Wildman–Crippen MR) is 97.5 cm³/mol. The third-order valence-corrected chi connectivity index (χ3v) is 4.11. The van der Waals surface area contributed by atoms with Gasteiger partial charge in [-0.1, -0.05) is 23.8 Å². The summed E-state index contributed by atoms with van der Waals surface area (Å²) in [6.45, 7) is 2.02. The van der Waals surface area contributed by atoms with E-state index >= 15 is 0 Å². The normalized spacial score (nSPS) is 10.2. The highest BCUT2D eigenvalue weighted by atomic mass is 32.2. The van der Waals surface area contributed by atoms with Gasteiger partial charge in [-0.25, -0.2) is 0 Å². The molecular formula is C18H20N2O3S. The topological polar surface area (TPSA) is 67.4 Å². The Balaban J connectivity index is 1.87. The monoisotopic (exact) mass is 344 g/mol. The van der Waals surface area contributed by atoms with Gasteiger partial charge in [-0.3, -0.25) is 9.59 Å². The summed E-state index contributed by atoms with van der Waals surface area (Å²) in [6, 6.07) is 15.1. The van der Waals surface area contributed by atoms with E-state index in [-0.39, 0.29) is 18.4 Å². The summed E-state index contributed by atoms with van der Waals surface area (Å²) in [5.74, 6) is -0.0135. The van der Waals surface area contributed by atoms with Gasteiger partial charge in [0, 0.05) is 23.4 Å². The third kappa shape index (κ3) is 6.06. The maximum atomic E-state index is 12.0. The van der Waals surface area contributed by atoms with Crippen LogP contribution in [0, 0.1) is 6.92 Å². The van der Waals surface area contributed by atoms with Crippen molar-refractivity contribution in [3.8, 4) is 0 Å². The fraction of sp³-hybridized carbons (Fsp3) is 0.222. The number of ether oxygens (including phenoxy) is 1. The SMILES string of the molecule is COCC(=O)Nc1cccc(NC(=O)CSc2ccc(C)cc2)c1. The Morgan fingerprint density at radius 1 is 1.00 bits per heavy atom. The fourth-order valence-electron chi connectivity index (χ4n) is 1.98. The molecule has 2 rings (SSSR count). The molecule has 0 unspecified atom stereocenters. The Morgan fingerprint density at radius 3 is 2.25 bits per heavy atom. The average molecular weight is 344 g/mol. The van der Waals surface area contributed by atoms with Gasteiger partial charge in [-0.2, -0.15) is 0 Å². The molecule has 0 atom stereocenters. The number of methoxy groups -OCH3 is 1. The molecule has 0 fully saturated rings.